The molecule has 1 heterocycles. The number of rotatable bonds is 3. The van der Waals surface area contributed by atoms with Crippen molar-refractivity contribution in [3.63, 3.8) is 0 Å². The highest BCUT2D eigenvalue weighted by Gasteiger charge is 2.19. The highest BCUT2D eigenvalue weighted by atomic mass is 15.2. The van der Waals surface area contributed by atoms with Crippen molar-refractivity contribution in [1.82, 2.24) is 0 Å². The molecule has 2 unspecified atom stereocenters. The van der Waals surface area contributed by atoms with Gasteiger partial charge < -0.3 is 9.80 Å². The molecule has 1 fully saturated rings. The van der Waals surface area contributed by atoms with Crippen LogP contribution in [0.3, 0.4) is 0 Å². The summed E-state index contributed by atoms with van der Waals surface area (Å²) >= 11 is 0. The molecule has 0 saturated carbocycles. The van der Waals surface area contributed by atoms with Crippen molar-refractivity contribution in [1.29, 1.82) is 0 Å². The quantitative estimate of drug-likeness (QED) is 0.704. The average molecular weight is 234 g/mol. The SMILES string of the molecule is C[C@H](C[NH+]1CCC[NH+](C)CC1)c1ccccc1. The van der Waals surface area contributed by atoms with E-state index >= 15 is 0 Å². The number of quaternary nitrogens is 2. The normalized spacial score (nSPS) is 27.4. The Morgan fingerprint density at radius 3 is 2.59 bits per heavy atom. The highest BCUT2D eigenvalue weighted by Crippen LogP contribution is 2.11. The van der Waals surface area contributed by atoms with Crippen LogP contribution in [-0.2, 0) is 0 Å². The largest absolute Gasteiger partial charge is 0.333 e. The monoisotopic (exact) mass is 234 g/mol. The van der Waals surface area contributed by atoms with Gasteiger partial charge in [0.15, 0.2) is 0 Å². The zero-order valence-electron chi connectivity index (χ0n) is 11.2. The van der Waals surface area contributed by atoms with Gasteiger partial charge in [0, 0.05) is 12.3 Å². The van der Waals surface area contributed by atoms with E-state index in [9.17, 15) is 0 Å². The van der Waals surface area contributed by atoms with Crippen LogP contribution >= 0.6 is 0 Å². The van der Waals surface area contributed by atoms with Crippen LogP contribution in [0.4, 0.5) is 0 Å². The summed E-state index contributed by atoms with van der Waals surface area (Å²) in [5, 5.41) is 0. The minimum absolute atomic E-state index is 0.685. The molecule has 17 heavy (non-hydrogen) atoms. The second kappa shape index (κ2) is 6.18. The summed E-state index contributed by atoms with van der Waals surface area (Å²) in [6.45, 7) is 9.03. The number of benzene rings is 1. The van der Waals surface area contributed by atoms with Crippen LogP contribution in [0.1, 0.15) is 24.8 Å². The summed E-state index contributed by atoms with van der Waals surface area (Å²) in [6, 6.07) is 10.9. The lowest BCUT2D eigenvalue weighted by Gasteiger charge is -2.20. The van der Waals surface area contributed by atoms with Crippen molar-refractivity contribution in [3.05, 3.63) is 35.9 Å². The molecule has 1 aromatic carbocycles. The van der Waals surface area contributed by atoms with Gasteiger partial charge in [-0.05, 0) is 5.56 Å². The van der Waals surface area contributed by atoms with E-state index in [1.165, 1.54) is 44.7 Å². The molecule has 1 aliphatic rings. The molecule has 0 radical (unpaired) electrons. The Hall–Kier alpha value is -0.860. The van der Waals surface area contributed by atoms with Crippen LogP contribution in [-0.4, -0.2) is 39.8 Å². The fourth-order valence-electron chi connectivity index (χ4n) is 2.82. The van der Waals surface area contributed by atoms with E-state index in [0.29, 0.717) is 5.92 Å². The van der Waals surface area contributed by atoms with E-state index in [4.69, 9.17) is 0 Å². The third-order valence-electron chi connectivity index (χ3n) is 4.00. The Balaban J connectivity index is 1.88. The zero-order chi connectivity index (χ0) is 12.1. The van der Waals surface area contributed by atoms with E-state index in [-0.39, 0.29) is 0 Å². The first-order chi connectivity index (χ1) is 8.25. The lowest BCUT2D eigenvalue weighted by atomic mass is 10.0. The van der Waals surface area contributed by atoms with E-state index in [0.717, 1.165) is 0 Å². The van der Waals surface area contributed by atoms with Gasteiger partial charge >= 0.3 is 0 Å². The molecule has 1 aliphatic heterocycles. The third-order valence-corrected chi connectivity index (χ3v) is 4.00. The third kappa shape index (κ3) is 3.83. The first kappa shape index (κ1) is 12.6. The molecule has 0 bridgehead atoms. The predicted molar refractivity (Wildman–Crippen MR) is 71.7 cm³/mol. The Labute approximate surface area is 105 Å². The maximum absolute atomic E-state index is 2.36. The maximum Gasteiger partial charge on any atom is 0.127 e. The molecule has 2 nitrogen and oxygen atoms in total. The summed E-state index contributed by atoms with van der Waals surface area (Å²) in [5.74, 6) is 0.685. The van der Waals surface area contributed by atoms with Gasteiger partial charge in [0.1, 0.15) is 13.1 Å². The Bertz CT molecular complexity index is 323. The first-order valence-corrected chi connectivity index (χ1v) is 6.95. The van der Waals surface area contributed by atoms with Gasteiger partial charge in [-0.1, -0.05) is 37.3 Å². The predicted octanol–water partition coefficient (Wildman–Crippen LogP) is -0.407. The lowest BCUT2D eigenvalue weighted by molar-refractivity contribution is -0.930. The molecule has 2 heteroatoms. The molecule has 1 saturated heterocycles. The van der Waals surface area contributed by atoms with Gasteiger partial charge in [0.2, 0.25) is 0 Å². The van der Waals surface area contributed by atoms with E-state index in [2.05, 4.69) is 44.3 Å². The fraction of sp³-hybridized carbons (Fsp3) is 0.600. The van der Waals surface area contributed by atoms with Gasteiger partial charge in [-0.3, -0.25) is 0 Å². The minimum Gasteiger partial charge on any atom is -0.333 e. The average Bonchev–Trinajstić information content (AvgIpc) is 2.56. The van der Waals surface area contributed by atoms with Crippen LogP contribution in [0.15, 0.2) is 30.3 Å². The fourth-order valence-corrected chi connectivity index (χ4v) is 2.82. The van der Waals surface area contributed by atoms with Crippen LogP contribution in [0.25, 0.3) is 0 Å². The van der Waals surface area contributed by atoms with Gasteiger partial charge in [-0.2, -0.15) is 0 Å². The molecule has 0 aliphatic carbocycles. The maximum atomic E-state index is 2.36. The molecule has 0 amide bonds. The number of nitrogens with one attached hydrogen (secondary N) is 2. The van der Waals surface area contributed by atoms with Gasteiger partial charge in [-0.25, -0.2) is 0 Å². The van der Waals surface area contributed by atoms with E-state index in [1.807, 2.05) is 0 Å². The van der Waals surface area contributed by atoms with Crippen molar-refractivity contribution in [2.45, 2.75) is 19.3 Å². The summed E-state index contributed by atoms with van der Waals surface area (Å²) in [6.07, 6.45) is 1.38. The molecule has 94 valence electrons. The van der Waals surface area contributed by atoms with Crippen molar-refractivity contribution in [2.24, 2.45) is 0 Å². The molecular formula is C15H26N2+2. The zero-order valence-corrected chi connectivity index (χ0v) is 11.2. The lowest BCUT2D eigenvalue weighted by Crippen LogP contribution is -3.16. The van der Waals surface area contributed by atoms with E-state index in [1.54, 1.807) is 9.80 Å². The summed E-state index contributed by atoms with van der Waals surface area (Å²) in [4.78, 5) is 3.49. The van der Waals surface area contributed by atoms with Gasteiger partial charge in [-0.15, -0.1) is 0 Å². The highest BCUT2D eigenvalue weighted by molar-refractivity contribution is 5.18. The Morgan fingerprint density at radius 2 is 1.82 bits per heavy atom. The smallest absolute Gasteiger partial charge is 0.127 e. The van der Waals surface area contributed by atoms with Gasteiger partial charge in [0.05, 0.1) is 26.7 Å². The van der Waals surface area contributed by atoms with Crippen LogP contribution in [0.5, 0.6) is 0 Å². The van der Waals surface area contributed by atoms with Crippen LogP contribution in [0, 0.1) is 0 Å². The molecule has 1 aromatic rings. The molecule has 3 atom stereocenters. The van der Waals surface area contributed by atoms with Crippen molar-refractivity contribution < 1.29 is 9.80 Å². The second-order valence-corrected chi connectivity index (χ2v) is 5.58. The molecule has 2 N–H and O–H groups in total. The van der Waals surface area contributed by atoms with E-state index < -0.39 is 0 Å². The number of likely N-dealkylation sites (N-methyl/N-ethyl adjacent to an activating group) is 1. The van der Waals surface area contributed by atoms with Gasteiger partial charge in [0.25, 0.3) is 0 Å². The Kier molecular flexibility index (Phi) is 4.57. The van der Waals surface area contributed by atoms with Crippen LogP contribution in [0.2, 0.25) is 0 Å². The second-order valence-electron chi connectivity index (χ2n) is 5.58. The summed E-state index contributed by atoms with van der Waals surface area (Å²) < 4.78 is 0. The summed E-state index contributed by atoms with van der Waals surface area (Å²) in [5.41, 5.74) is 1.49. The standard InChI is InChI=1S/C15H24N2/c1-14(15-7-4-3-5-8-15)13-17-10-6-9-16(2)11-12-17/h3-5,7-8,14H,6,9-13H2,1-2H3/p+2/t14-/m1/s1. The summed E-state index contributed by atoms with van der Waals surface area (Å²) in [7, 11) is 2.32. The molecule has 0 spiro atoms. The number of hydrogen-bond acceptors (Lipinski definition) is 0. The molecule has 2 rings (SSSR count). The minimum atomic E-state index is 0.685. The van der Waals surface area contributed by atoms with Crippen molar-refractivity contribution >= 4 is 0 Å². The molecule has 0 aromatic heterocycles. The Morgan fingerprint density at radius 1 is 1.06 bits per heavy atom. The van der Waals surface area contributed by atoms with Crippen LogP contribution < -0.4 is 9.80 Å². The van der Waals surface area contributed by atoms with Crippen molar-refractivity contribution in [3.8, 4) is 0 Å². The molecular weight excluding hydrogens is 208 g/mol. The topological polar surface area (TPSA) is 8.88 Å². The first-order valence-electron chi connectivity index (χ1n) is 6.95. The number of hydrogen-bond donors (Lipinski definition) is 2. The van der Waals surface area contributed by atoms with Crippen molar-refractivity contribution in [2.75, 3.05) is 39.8 Å².